The minimum atomic E-state index is -1.23. The van der Waals surface area contributed by atoms with E-state index >= 15 is 0 Å². The van der Waals surface area contributed by atoms with Crippen molar-refractivity contribution in [3.05, 3.63) is 70.3 Å². The summed E-state index contributed by atoms with van der Waals surface area (Å²) in [4.78, 5) is 12.7. The minimum Gasteiger partial charge on any atom is -0.398 e. The van der Waals surface area contributed by atoms with Gasteiger partial charge in [-0.05, 0) is 48.8 Å². The summed E-state index contributed by atoms with van der Waals surface area (Å²) in [7, 11) is 0.459. The van der Waals surface area contributed by atoms with Crippen LogP contribution in [-0.4, -0.2) is 75.5 Å². The molecule has 0 amide bonds. The van der Waals surface area contributed by atoms with Gasteiger partial charge in [-0.25, -0.2) is 0 Å². The number of hydrogen-bond acceptors (Lipinski definition) is 8. The normalized spacial score (nSPS) is 34.6. The summed E-state index contributed by atoms with van der Waals surface area (Å²) in [6.45, 7) is 12.3. The number of anilines is 1. The number of unbranched alkanes of at least 4 members (excludes halogenated alkanes) is 1. The van der Waals surface area contributed by atoms with Gasteiger partial charge in [0, 0.05) is 48.4 Å². The minimum absolute atomic E-state index is 0.00139. The second-order valence-electron chi connectivity index (χ2n) is 14.1. The molecular weight excluding hydrogens is 625 g/mol. The maximum absolute atomic E-state index is 12.7. The van der Waals surface area contributed by atoms with Crippen molar-refractivity contribution in [3.63, 3.8) is 0 Å². The van der Waals surface area contributed by atoms with E-state index in [1.165, 1.54) is 5.56 Å². The highest BCUT2D eigenvalue weighted by Gasteiger charge is 2.51. The summed E-state index contributed by atoms with van der Waals surface area (Å²) in [6.07, 6.45) is 13.9. The first-order valence-electron chi connectivity index (χ1n) is 17.9. The molecule has 2 aliphatic heterocycles. The van der Waals surface area contributed by atoms with Crippen molar-refractivity contribution < 1.29 is 32.8 Å². The fourth-order valence-corrected chi connectivity index (χ4v) is 9.72. The average Bonchev–Trinajstić information content (AvgIpc) is 3.84. The molecule has 0 spiro atoms. The number of hydrogen-bond donors (Lipinski definition) is 1. The lowest BCUT2D eigenvalue weighted by atomic mass is 9.80. The SMILES string of the molecule is CCCCP(OC[C@H]1O[C@@H](C2C=CC3=C2C=C(C)CC3=O)C(C)[C@H]1C)O[C@@H]1C(OCCOC)[C@H](C2C=Cc3c(N)cccc32)O[C@@H]1CC. The van der Waals surface area contributed by atoms with Gasteiger partial charge in [0.1, 0.15) is 12.2 Å². The maximum Gasteiger partial charge on any atom is 0.171 e. The molecule has 2 heterocycles. The molecule has 5 unspecified atom stereocenters. The quantitative estimate of drug-likeness (QED) is 0.115. The molecule has 1 aromatic rings. The van der Waals surface area contributed by atoms with Crippen LogP contribution in [0.1, 0.15) is 77.3 Å². The monoisotopic (exact) mass is 679 g/mol. The van der Waals surface area contributed by atoms with Crippen LogP contribution in [0.3, 0.4) is 0 Å². The van der Waals surface area contributed by atoms with Gasteiger partial charge in [-0.2, -0.15) is 0 Å². The van der Waals surface area contributed by atoms with Crippen molar-refractivity contribution in [1.82, 2.24) is 0 Å². The van der Waals surface area contributed by atoms with Crippen molar-refractivity contribution in [3.8, 4) is 0 Å². The van der Waals surface area contributed by atoms with E-state index in [4.69, 9.17) is 33.7 Å². The van der Waals surface area contributed by atoms with Gasteiger partial charge in [-0.1, -0.05) is 82.2 Å². The molecule has 9 heteroatoms. The van der Waals surface area contributed by atoms with Crippen LogP contribution >= 0.6 is 8.38 Å². The molecule has 2 saturated heterocycles. The standard InChI is InChI=1S/C39H54NO7P/c1-7-9-19-48(44-22-35-24(4)25(5)36(46-35)30-16-14-28-31(30)20-23(3)21-33(28)41)47-38-34(8-2)45-37(39(38)43-18-17-42-6)29-15-13-27-26(29)11-10-12-32(27)40/h10-16,20,24-25,29-30,34-39H,7-9,17-19,21-22,40H2,1-6H3/t24-,25?,29?,30?,34-,35-,36-,37+,38+,39?,48?/m1/s1. The number of rotatable bonds is 15. The predicted octanol–water partition coefficient (Wildman–Crippen LogP) is 7.54. The summed E-state index contributed by atoms with van der Waals surface area (Å²) < 4.78 is 39.2. The van der Waals surface area contributed by atoms with E-state index in [1.807, 2.05) is 25.1 Å². The molecule has 0 saturated carbocycles. The van der Waals surface area contributed by atoms with Gasteiger partial charge in [-0.15, -0.1) is 0 Å². The first-order valence-corrected chi connectivity index (χ1v) is 19.3. The molecule has 48 heavy (non-hydrogen) atoms. The van der Waals surface area contributed by atoms with Crippen LogP contribution in [0, 0.1) is 17.8 Å². The molecule has 11 atom stereocenters. The highest BCUT2D eigenvalue weighted by Crippen LogP contribution is 2.50. The van der Waals surface area contributed by atoms with Crippen LogP contribution in [-0.2, 0) is 32.8 Å². The van der Waals surface area contributed by atoms with Crippen molar-refractivity contribution >= 4 is 25.9 Å². The van der Waals surface area contributed by atoms with E-state index in [0.717, 1.165) is 53.4 Å². The fourth-order valence-electron chi connectivity index (χ4n) is 8.01. The van der Waals surface area contributed by atoms with Crippen LogP contribution < -0.4 is 5.73 Å². The lowest BCUT2D eigenvalue weighted by Crippen LogP contribution is -2.39. The third-order valence-corrected chi connectivity index (χ3v) is 12.5. The van der Waals surface area contributed by atoms with Gasteiger partial charge in [0.25, 0.3) is 0 Å². The first-order chi connectivity index (χ1) is 23.2. The number of carbonyl (C=O) groups is 1. The zero-order valence-electron chi connectivity index (χ0n) is 29.4. The fraction of sp³-hybridized carbons (Fsp3) is 0.615. The van der Waals surface area contributed by atoms with Crippen molar-refractivity contribution in [1.29, 1.82) is 0 Å². The van der Waals surface area contributed by atoms with Crippen LogP contribution in [0.5, 0.6) is 0 Å². The number of ketones is 1. The van der Waals surface area contributed by atoms with E-state index in [-0.39, 0.29) is 54.2 Å². The second kappa shape index (κ2) is 15.8. The molecular formula is C39H54NO7P. The predicted molar refractivity (Wildman–Crippen MR) is 191 cm³/mol. The topological polar surface area (TPSA) is 98.5 Å². The molecule has 8 nitrogen and oxygen atoms in total. The molecule has 2 fully saturated rings. The Hall–Kier alpha value is -2.16. The Morgan fingerprint density at radius 2 is 1.77 bits per heavy atom. The Morgan fingerprint density at radius 3 is 2.54 bits per heavy atom. The van der Waals surface area contributed by atoms with Crippen LogP contribution in [0.2, 0.25) is 0 Å². The number of ether oxygens (including phenoxy) is 4. The Bertz CT molecular complexity index is 1440. The Morgan fingerprint density at radius 1 is 0.979 bits per heavy atom. The molecule has 0 aromatic heterocycles. The number of allylic oxidation sites excluding steroid dienone is 4. The first kappa shape index (κ1) is 35.7. The number of nitrogen functional groups attached to an aromatic ring is 1. The molecule has 0 radical (unpaired) electrons. The maximum atomic E-state index is 12.7. The van der Waals surface area contributed by atoms with E-state index in [2.05, 4.69) is 58.1 Å². The third-order valence-electron chi connectivity index (χ3n) is 10.9. The van der Waals surface area contributed by atoms with Crippen molar-refractivity contribution in [2.24, 2.45) is 17.8 Å². The lowest BCUT2D eigenvalue weighted by molar-refractivity contribution is -0.114. The molecule has 1 aromatic carbocycles. The number of nitrogens with two attached hydrogens (primary N) is 1. The Balaban J connectivity index is 1.16. The molecule has 3 aliphatic carbocycles. The number of benzene rings is 1. The zero-order valence-corrected chi connectivity index (χ0v) is 30.3. The summed E-state index contributed by atoms with van der Waals surface area (Å²) >= 11 is 0. The Kier molecular flexibility index (Phi) is 11.7. The Labute approximate surface area is 288 Å². The largest absolute Gasteiger partial charge is 0.398 e. The molecule has 0 bridgehead atoms. The zero-order chi connectivity index (χ0) is 33.9. The highest BCUT2D eigenvalue weighted by atomic mass is 31.2. The van der Waals surface area contributed by atoms with E-state index < -0.39 is 8.38 Å². The average molecular weight is 680 g/mol. The van der Waals surface area contributed by atoms with Crippen LogP contribution in [0.4, 0.5) is 5.69 Å². The molecule has 6 rings (SSSR count). The second-order valence-corrected chi connectivity index (χ2v) is 15.7. The van der Waals surface area contributed by atoms with Gasteiger partial charge < -0.3 is 33.7 Å². The molecule has 5 aliphatic rings. The van der Waals surface area contributed by atoms with Gasteiger partial charge >= 0.3 is 0 Å². The van der Waals surface area contributed by atoms with Crippen molar-refractivity contribution in [2.45, 2.75) is 103 Å². The smallest absolute Gasteiger partial charge is 0.171 e. The van der Waals surface area contributed by atoms with Crippen LogP contribution in [0.25, 0.3) is 6.08 Å². The molecule has 262 valence electrons. The number of Topliss-reactive ketones (excluding diaryl/α,β-unsaturated/α-hetero) is 1. The van der Waals surface area contributed by atoms with Gasteiger partial charge in [0.05, 0.1) is 44.2 Å². The summed E-state index contributed by atoms with van der Waals surface area (Å²) in [6, 6.07) is 6.09. The number of fused-ring (bicyclic) bond motifs is 1. The van der Waals surface area contributed by atoms with Crippen LogP contribution in [0.15, 0.2) is 59.2 Å². The number of carbonyl (C=O) groups excluding carboxylic acids is 1. The third kappa shape index (κ3) is 7.18. The lowest BCUT2D eigenvalue weighted by Gasteiger charge is -2.30. The molecule has 2 N–H and O–H groups in total. The summed E-state index contributed by atoms with van der Waals surface area (Å²) in [5.74, 6) is 0.941. The highest BCUT2D eigenvalue weighted by molar-refractivity contribution is 7.47. The van der Waals surface area contributed by atoms with E-state index in [0.29, 0.717) is 38.1 Å². The van der Waals surface area contributed by atoms with E-state index in [9.17, 15) is 4.79 Å². The summed E-state index contributed by atoms with van der Waals surface area (Å²) in [5.41, 5.74) is 12.4. The van der Waals surface area contributed by atoms with Gasteiger partial charge in [-0.3, -0.25) is 4.79 Å². The summed E-state index contributed by atoms with van der Waals surface area (Å²) in [5, 5.41) is 0. The van der Waals surface area contributed by atoms with Gasteiger partial charge in [0.15, 0.2) is 14.2 Å². The van der Waals surface area contributed by atoms with E-state index in [1.54, 1.807) is 7.11 Å². The van der Waals surface area contributed by atoms with Crippen molar-refractivity contribution in [2.75, 3.05) is 38.8 Å². The van der Waals surface area contributed by atoms with Gasteiger partial charge in [0.2, 0.25) is 0 Å². The number of methoxy groups -OCH3 is 1.